The highest BCUT2D eigenvalue weighted by Gasteiger charge is 2.43. The van der Waals surface area contributed by atoms with Crippen molar-refractivity contribution in [2.45, 2.75) is 76.0 Å². The van der Waals surface area contributed by atoms with E-state index in [1.54, 1.807) is 24.3 Å². The number of benzene rings is 3. The molecule has 4 N–H and O–H groups in total. The standard InChI is InChI=1S/C41H44BrN5O7S/c42-29-21-31(55-26-29)25-52-30-22-35(38(49)44-33(16-9-10-20-43)37(48)39-45-32-15-7-8-17-36(32)54-39)47(23-30)40(50)34(19-18-27-11-3-1-4-12-27)46-41(51)53-24-28-13-5-2-6-14-28/h1-8,11-15,17,21,26,30,33-35H,9-10,16,18-20,22-25,43H2,(H,44,49)(H,46,51)/t30-,33+,34-,35+/m1/s1. The normalized spacial score (nSPS) is 16.4. The zero-order valence-electron chi connectivity index (χ0n) is 30.2. The van der Waals surface area contributed by atoms with Gasteiger partial charge in [0.2, 0.25) is 17.6 Å². The average molecular weight is 831 g/mol. The third-order valence-corrected chi connectivity index (χ3v) is 11.1. The molecule has 0 saturated carbocycles. The van der Waals surface area contributed by atoms with Crippen LogP contribution in [0.3, 0.4) is 0 Å². The van der Waals surface area contributed by atoms with Gasteiger partial charge in [-0.15, -0.1) is 11.3 Å². The van der Waals surface area contributed by atoms with Crippen LogP contribution >= 0.6 is 27.3 Å². The van der Waals surface area contributed by atoms with Crippen molar-refractivity contribution in [3.8, 4) is 0 Å². The first-order valence-electron chi connectivity index (χ1n) is 18.3. The summed E-state index contributed by atoms with van der Waals surface area (Å²) in [5.74, 6) is -1.56. The Hall–Kier alpha value is -4.89. The predicted molar refractivity (Wildman–Crippen MR) is 212 cm³/mol. The summed E-state index contributed by atoms with van der Waals surface area (Å²) in [5.41, 5.74) is 8.53. The molecule has 288 valence electrons. The number of ketones is 1. The Bertz CT molecular complexity index is 2010. The molecule has 1 aliphatic rings. The maximum atomic E-state index is 14.6. The maximum absolute atomic E-state index is 14.6. The maximum Gasteiger partial charge on any atom is 0.408 e. The van der Waals surface area contributed by atoms with E-state index < -0.39 is 47.9 Å². The van der Waals surface area contributed by atoms with Crippen LogP contribution < -0.4 is 16.4 Å². The van der Waals surface area contributed by atoms with Gasteiger partial charge >= 0.3 is 6.09 Å². The highest BCUT2D eigenvalue weighted by Crippen LogP contribution is 2.27. The molecule has 12 nitrogen and oxygen atoms in total. The number of Topliss-reactive ketones (excluding diaryl/α,β-unsaturated/α-hetero) is 1. The molecule has 1 saturated heterocycles. The van der Waals surface area contributed by atoms with Crippen molar-refractivity contribution in [3.63, 3.8) is 0 Å². The molecule has 55 heavy (non-hydrogen) atoms. The van der Waals surface area contributed by atoms with Crippen molar-refractivity contribution < 1.29 is 33.1 Å². The number of nitrogens with zero attached hydrogens (tertiary/aromatic N) is 2. The van der Waals surface area contributed by atoms with Gasteiger partial charge in [0.1, 0.15) is 24.2 Å². The fraction of sp³-hybridized carbons (Fsp3) is 0.341. The monoisotopic (exact) mass is 829 g/mol. The second kappa shape index (κ2) is 19.6. The fourth-order valence-corrected chi connectivity index (χ4v) is 7.89. The van der Waals surface area contributed by atoms with Crippen LogP contribution in [0.25, 0.3) is 11.1 Å². The second-order valence-electron chi connectivity index (χ2n) is 13.4. The number of para-hydroxylation sites is 2. The fourth-order valence-electron chi connectivity index (χ4n) is 6.52. The van der Waals surface area contributed by atoms with Gasteiger partial charge in [-0.2, -0.15) is 0 Å². The quantitative estimate of drug-likeness (QED) is 0.0655. The number of likely N-dealkylation sites (tertiary alicyclic amines) is 1. The molecule has 0 aliphatic carbocycles. The Morgan fingerprint density at radius 1 is 0.909 bits per heavy atom. The van der Waals surface area contributed by atoms with E-state index in [0.29, 0.717) is 43.3 Å². The number of oxazole rings is 1. The number of nitrogens with one attached hydrogen (secondary N) is 2. The number of rotatable bonds is 18. The summed E-state index contributed by atoms with van der Waals surface area (Å²) in [4.78, 5) is 62.7. The molecule has 2 aromatic heterocycles. The molecule has 6 rings (SSSR count). The number of halogens is 1. The first-order chi connectivity index (χ1) is 26.8. The number of hydrogen-bond acceptors (Lipinski definition) is 10. The lowest BCUT2D eigenvalue weighted by Crippen LogP contribution is -2.55. The van der Waals surface area contributed by atoms with Crippen LogP contribution in [0, 0.1) is 0 Å². The minimum atomic E-state index is -1.02. The Morgan fingerprint density at radius 3 is 2.35 bits per heavy atom. The highest BCUT2D eigenvalue weighted by molar-refractivity contribution is 9.10. The minimum Gasteiger partial charge on any atom is -0.445 e. The third kappa shape index (κ3) is 11.1. The first-order valence-corrected chi connectivity index (χ1v) is 20.0. The molecule has 1 aliphatic heterocycles. The number of thiophene rings is 1. The Kier molecular flexibility index (Phi) is 14.2. The van der Waals surface area contributed by atoms with Crippen molar-refractivity contribution in [1.82, 2.24) is 20.5 Å². The van der Waals surface area contributed by atoms with Crippen molar-refractivity contribution in [2.24, 2.45) is 5.73 Å². The number of hydrogen-bond donors (Lipinski definition) is 3. The summed E-state index contributed by atoms with van der Waals surface area (Å²) in [5, 5.41) is 7.66. The number of aromatic nitrogens is 1. The van der Waals surface area contributed by atoms with Gasteiger partial charge in [-0.05, 0) is 83.9 Å². The first kappa shape index (κ1) is 39.8. The molecule has 1 fully saturated rings. The molecule has 3 aromatic carbocycles. The Balaban J connectivity index is 1.23. The minimum absolute atomic E-state index is 0.0232. The topological polar surface area (TPSA) is 166 Å². The predicted octanol–water partition coefficient (Wildman–Crippen LogP) is 6.56. The lowest BCUT2D eigenvalue weighted by Gasteiger charge is -2.29. The number of aryl methyl sites for hydroxylation is 1. The summed E-state index contributed by atoms with van der Waals surface area (Å²) in [7, 11) is 0. The van der Waals surface area contributed by atoms with Gasteiger partial charge in [-0.1, -0.05) is 72.8 Å². The molecule has 0 unspecified atom stereocenters. The number of amides is 3. The summed E-state index contributed by atoms with van der Waals surface area (Å²) in [6, 6.07) is 24.9. The number of unbranched alkanes of at least 4 members (excludes halogenated alkanes) is 1. The van der Waals surface area contributed by atoms with Crippen LogP contribution in [-0.4, -0.2) is 70.9 Å². The van der Waals surface area contributed by atoms with Crippen LogP contribution in [0.15, 0.2) is 105 Å². The third-order valence-electron chi connectivity index (χ3n) is 9.38. The van der Waals surface area contributed by atoms with Gasteiger partial charge in [0, 0.05) is 27.7 Å². The number of fused-ring (bicyclic) bond motifs is 1. The molecule has 3 heterocycles. The second-order valence-corrected chi connectivity index (χ2v) is 15.3. The summed E-state index contributed by atoms with van der Waals surface area (Å²) in [6.45, 7) is 0.836. The zero-order valence-corrected chi connectivity index (χ0v) is 32.6. The van der Waals surface area contributed by atoms with E-state index in [4.69, 9.17) is 19.6 Å². The van der Waals surface area contributed by atoms with Crippen molar-refractivity contribution >= 4 is 62.1 Å². The summed E-state index contributed by atoms with van der Waals surface area (Å²) >= 11 is 5.01. The largest absolute Gasteiger partial charge is 0.445 e. The number of carbonyl (C=O) groups is 4. The number of alkyl carbamates (subject to hydrolysis) is 1. The van der Waals surface area contributed by atoms with Crippen LogP contribution in [0.4, 0.5) is 4.79 Å². The van der Waals surface area contributed by atoms with E-state index in [-0.39, 0.29) is 38.5 Å². The van der Waals surface area contributed by atoms with Gasteiger partial charge in [0.05, 0.1) is 18.8 Å². The molecule has 4 atom stereocenters. The van der Waals surface area contributed by atoms with E-state index in [1.165, 1.54) is 16.2 Å². The Morgan fingerprint density at radius 2 is 1.64 bits per heavy atom. The summed E-state index contributed by atoms with van der Waals surface area (Å²) < 4.78 is 18.5. The molecule has 14 heteroatoms. The van der Waals surface area contributed by atoms with Crippen LogP contribution in [-0.2, 0) is 38.7 Å². The molecule has 3 amide bonds. The van der Waals surface area contributed by atoms with E-state index in [1.807, 2.05) is 72.1 Å². The molecule has 0 spiro atoms. The van der Waals surface area contributed by atoms with Crippen molar-refractivity contribution in [2.75, 3.05) is 13.1 Å². The lowest BCUT2D eigenvalue weighted by molar-refractivity contribution is -0.140. The molecule has 0 bridgehead atoms. The lowest BCUT2D eigenvalue weighted by atomic mass is 10.0. The molecule has 5 aromatic rings. The zero-order chi connectivity index (χ0) is 38.6. The molecular weight excluding hydrogens is 786 g/mol. The van der Waals surface area contributed by atoms with Gasteiger partial charge < -0.3 is 35.2 Å². The van der Waals surface area contributed by atoms with Gasteiger partial charge in [-0.3, -0.25) is 14.4 Å². The molecule has 0 radical (unpaired) electrons. The Labute approximate surface area is 331 Å². The summed E-state index contributed by atoms with van der Waals surface area (Å²) in [6.07, 6.45) is 1.17. The number of ether oxygens (including phenoxy) is 2. The van der Waals surface area contributed by atoms with E-state index >= 15 is 0 Å². The van der Waals surface area contributed by atoms with E-state index in [0.717, 1.165) is 20.5 Å². The van der Waals surface area contributed by atoms with E-state index in [9.17, 15) is 19.2 Å². The van der Waals surface area contributed by atoms with Gasteiger partial charge in [-0.25, -0.2) is 9.78 Å². The van der Waals surface area contributed by atoms with Crippen LogP contribution in [0.5, 0.6) is 0 Å². The van der Waals surface area contributed by atoms with Crippen molar-refractivity contribution in [1.29, 1.82) is 0 Å². The number of nitrogens with two attached hydrogens (primary N) is 1. The number of carbonyl (C=O) groups excluding carboxylic acids is 4. The SMILES string of the molecule is NCCCC[C@H](NC(=O)[C@@H]1C[C@@H](OCc2cc(Br)cs2)CN1C(=O)[C@@H](CCc1ccccc1)NC(=O)OCc1ccccc1)C(=O)c1nc2ccccc2o1. The van der Waals surface area contributed by atoms with Crippen LogP contribution in [0.1, 0.15) is 58.8 Å². The van der Waals surface area contributed by atoms with E-state index in [2.05, 4.69) is 31.5 Å². The van der Waals surface area contributed by atoms with Gasteiger partial charge in [0.25, 0.3) is 5.89 Å². The average Bonchev–Trinajstić information content (AvgIpc) is 3.96. The van der Waals surface area contributed by atoms with Gasteiger partial charge in [0.15, 0.2) is 5.58 Å². The van der Waals surface area contributed by atoms with Crippen LogP contribution in [0.2, 0.25) is 0 Å². The van der Waals surface area contributed by atoms with Crippen molar-refractivity contribution in [3.05, 3.63) is 123 Å². The highest BCUT2D eigenvalue weighted by atomic mass is 79.9. The smallest absolute Gasteiger partial charge is 0.408 e. The molecular formula is C41H44BrN5O7S.